The number of aliphatic imine (C=N–C) groups is 1. The number of nitrogens with one attached hydrogen (secondary N) is 2. The minimum atomic E-state index is -0.193. The summed E-state index contributed by atoms with van der Waals surface area (Å²) in [5, 5.41) is 6.48. The summed E-state index contributed by atoms with van der Waals surface area (Å²) in [5.74, 6) is 0.511. The van der Waals surface area contributed by atoms with Crippen molar-refractivity contribution in [2.75, 3.05) is 44.8 Å². The molecular formula is C19H26FN5O. The predicted octanol–water partition coefficient (Wildman–Crippen LogP) is 1.83. The van der Waals surface area contributed by atoms with Crippen LogP contribution in [-0.4, -0.2) is 50.4 Å². The van der Waals surface area contributed by atoms with Gasteiger partial charge in [-0.2, -0.15) is 0 Å². The molecule has 0 amide bonds. The van der Waals surface area contributed by atoms with E-state index in [0.717, 1.165) is 31.7 Å². The van der Waals surface area contributed by atoms with Crippen molar-refractivity contribution in [1.82, 2.24) is 15.2 Å². The lowest BCUT2D eigenvalue weighted by Gasteiger charge is -2.29. The van der Waals surface area contributed by atoms with Gasteiger partial charge in [-0.05, 0) is 29.8 Å². The third-order valence-corrected chi connectivity index (χ3v) is 4.38. The second-order valence-corrected chi connectivity index (χ2v) is 6.16. The van der Waals surface area contributed by atoms with Crippen molar-refractivity contribution in [3.8, 4) is 0 Å². The number of halogens is 1. The average molecular weight is 359 g/mol. The van der Waals surface area contributed by atoms with Gasteiger partial charge in [0.05, 0.1) is 18.9 Å². The zero-order chi connectivity index (χ0) is 18.2. The van der Waals surface area contributed by atoms with Crippen molar-refractivity contribution in [3.63, 3.8) is 0 Å². The van der Waals surface area contributed by atoms with Gasteiger partial charge in [-0.3, -0.25) is 4.99 Å². The molecule has 140 valence electrons. The van der Waals surface area contributed by atoms with Crippen LogP contribution in [-0.2, 0) is 17.8 Å². The molecule has 2 heterocycles. The summed E-state index contributed by atoms with van der Waals surface area (Å²) in [6.45, 7) is 4.89. The number of nitrogens with zero attached hydrogens (tertiary/aromatic N) is 3. The molecule has 1 saturated heterocycles. The number of benzene rings is 1. The van der Waals surface area contributed by atoms with E-state index in [4.69, 9.17) is 4.74 Å². The van der Waals surface area contributed by atoms with Crippen molar-refractivity contribution in [3.05, 3.63) is 54.1 Å². The molecular weight excluding hydrogens is 333 g/mol. The Hall–Kier alpha value is -2.54. The largest absolute Gasteiger partial charge is 0.378 e. The summed E-state index contributed by atoms with van der Waals surface area (Å²) in [5.41, 5.74) is 1.53. The first-order chi connectivity index (χ1) is 12.8. The van der Waals surface area contributed by atoms with E-state index in [1.165, 1.54) is 0 Å². The van der Waals surface area contributed by atoms with Gasteiger partial charge in [0.25, 0.3) is 0 Å². The third-order valence-electron chi connectivity index (χ3n) is 4.38. The standard InChI is InChI=1S/C19H26FN5O/c1-21-19(22-6-9-24-7-2-3-8-24)23-15-16-4-5-18(17(20)14-16)25-10-12-26-13-11-25/h2-5,7-8,14H,6,9-13,15H2,1H3,(H2,21,22,23). The second kappa shape index (κ2) is 9.24. The average Bonchev–Trinajstić information content (AvgIpc) is 3.19. The molecule has 0 aliphatic carbocycles. The van der Waals surface area contributed by atoms with Crippen LogP contribution in [0.15, 0.2) is 47.7 Å². The van der Waals surface area contributed by atoms with Crippen molar-refractivity contribution in [1.29, 1.82) is 0 Å². The molecule has 6 nitrogen and oxygen atoms in total. The van der Waals surface area contributed by atoms with E-state index < -0.39 is 0 Å². The third kappa shape index (κ3) is 4.98. The topological polar surface area (TPSA) is 53.8 Å². The fourth-order valence-corrected chi connectivity index (χ4v) is 2.95. The highest BCUT2D eigenvalue weighted by Gasteiger charge is 2.15. The number of guanidine groups is 1. The van der Waals surface area contributed by atoms with E-state index in [-0.39, 0.29) is 5.82 Å². The Balaban J connectivity index is 1.49. The zero-order valence-corrected chi connectivity index (χ0v) is 15.1. The van der Waals surface area contributed by atoms with Gasteiger partial charge in [0.2, 0.25) is 0 Å². The molecule has 26 heavy (non-hydrogen) atoms. The number of aromatic nitrogens is 1. The summed E-state index contributed by atoms with van der Waals surface area (Å²) < 4.78 is 21.9. The van der Waals surface area contributed by atoms with E-state index in [9.17, 15) is 4.39 Å². The van der Waals surface area contributed by atoms with Gasteiger partial charge in [-0.1, -0.05) is 6.07 Å². The van der Waals surface area contributed by atoms with Crippen molar-refractivity contribution in [2.24, 2.45) is 4.99 Å². The van der Waals surface area contributed by atoms with Gasteiger partial charge in [-0.15, -0.1) is 0 Å². The minimum Gasteiger partial charge on any atom is -0.378 e. The normalized spacial score (nSPS) is 15.2. The van der Waals surface area contributed by atoms with Crippen LogP contribution in [0.1, 0.15) is 5.56 Å². The first-order valence-corrected chi connectivity index (χ1v) is 8.92. The van der Waals surface area contributed by atoms with Gasteiger partial charge in [0.15, 0.2) is 5.96 Å². The van der Waals surface area contributed by atoms with Gasteiger partial charge >= 0.3 is 0 Å². The van der Waals surface area contributed by atoms with E-state index in [0.29, 0.717) is 31.4 Å². The van der Waals surface area contributed by atoms with Crippen LogP contribution in [0.4, 0.5) is 10.1 Å². The molecule has 0 saturated carbocycles. The maximum absolute atomic E-state index is 14.4. The van der Waals surface area contributed by atoms with Crippen LogP contribution < -0.4 is 15.5 Å². The van der Waals surface area contributed by atoms with E-state index in [1.54, 1.807) is 13.1 Å². The highest BCUT2D eigenvalue weighted by Crippen LogP contribution is 2.21. The van der Waals surface area contributed by atoms with Crippen LogP contribution in [0.3, 0.4) is 0 Å². The number of rotatable bonds is 6. The molecule has 1 aromatic carbocycles. The second-order valence-electron chi connectivity index (χ2n) is 6.16. The number of hydrogen-bond donors (Lipinski definition) is 2. The number of anilines is 1. The fraction of sp³-hybridized carbons (Fsp3) is 0.421. The Morgan fingerprint density at radius 3 is 2.65 bits per heavy atom. The summed E-state index contributed by atoms with van der Waals surface area (Å²) >= 11 is 0. The summed E-state index contributed by atoms with van der Waals surface area (Å²) in [4.78, 5) is 6.23. The van der Waals surface area contributed by atoms with Gasteiger partial charge in [0.1, 0.15) is 5.82 Å². The first kappa shape index (κ1) is 18.3. The summed E-state index contributed by atoms with van der Waals surface area (Å²) in [6, 6.07) is 9.39. The Bertz CT molecular complexity index is 711. The molecule has 2 aromatic rings. The lowest BCUT2D eigenvalue weighted by Crippen LogP contribution is -2.38. The Morgan fingerprint density at radius 1 is 1.19 bits per heavy atom. The number of hydrogen-bond acceptors (Lipinski definition) is 3. The molecule has 7 heteroatoms. The number of morpholine rings is 1. The molecule has 3 rings (SSSR count). The summed E-state index contributed by atoms with van der Waals surface area (Å²) in [7, 11) is 1.73. The number of ether oxygens (including phenoxy) is 1. The molecule has 1 aliphatic heterocycles. The molecule has 1 fully saturated rings. The van der Waals surface area contributed by atoms with Gasteiger partial charge < -0.3 is 24.8 Å². The van der Waals surface area contributed by atoms with Gasteiger partial charge in [0, 0.05) is 52.2 Å². The smallest absolute Gasteiger partial charge is 0.191 e. The highest BCUT2D eigenvalue weighted by atomic mass is 19.1. The van der Waals surface area contributed by atoms with Crippen LogP contribution >= 0.6 is 0 Å². The molecule has 0 radical (unpaired) electrons. The van der Waals surface area contributed by atoms with Crippen molar-refractivity contribution < 1.29 is 9.13 Å². The zero-order valence-electron chi connectivity index (χ0n) is 15.1. The van der Waals surface area contributed by atoms with Crippen LogP contribution in [0.25, 0.3) is 0 Å². The first-order valence-electron chi connectivity index (χ1n) is 8.92. The lowest BCUT2D eigenvalue weighted by atomic mass is 10.1. The SMILES string of the molecule is CN=C(NCCn1cccc1)NCc1ccc(N2CCOCC2)c(F)c1. The molecule has 1 aromatic heterocycles. The quantitative estimate of drug-likeness (QED) is 0.610. The van der Waals surface area contributed by atoms with E-state index in [2.05, 4.69) is 20.2 Å². The monoisotopic (exact) mass is 359 g/mol. The fourth-order valence-electron chi connectivity index (χ4n) is 2.95. The van der Waals surface area contributed by atoms with E-state index in [1.807, 2.05) is 41.6 Å². The predicted molar refractivity (Wildman–Crippen MR) is 102 cm³/mol. The maximum atomic E-state index is 14.4. The lowest BCUT2D eigenvalue weighted by molar-refractivity contribution is 0.122. The molecule has 1 aliphatic rings. The van der Waals surface area contributed by atoms with Crippen LogP contribution in [0.2, 0.25) is 0 Å². The molecule has 0 unspecified atom stereocenters. The minimum absolute atomic E-state index is 0.193. The van der Waals surface area contributed by atoms with Crippen LogP contribution in [0, 0.1) is 5.82 Å². The van der Waals surface area contributed by atoms with Crippen LogP contribution in [0.5, 0.6) is 0 Å². The Labute approximate surface area is 153 Å². The van der Waals surface area contributed by atoms with Gasteiger partial charge in [-0.25, -0.2) is 4.39 Å². The Morgan fingerprint density at radius 2 is 1.96 bits per heavy atom. The molecule has 0 bridgehead atoms. The Kier molecular flexibility index (Phi) is 6.49. The molecule has 0 spiro atoms. The molecule has 2 N–H and O–H groups in total. The maximum Gasteiger partial charge on any atom is 0.191 e. The highest BCUT2D eigenvalue weighted by molar-refractivity contribution is 5.79. The van der Waals surface area contributed by atoms with E-state index >= 15 is 0 Å². The van der Waals surface area contributed by atoms with Crippen molar-refractivity contribution in [2.45, 2.75) is 13.1 Å². The molecule has 0 atom stereocenters. The van der Waals surface area contributed by atoms with Crippen molar-refractivity contribution >= 4 is 11.6 Å². The summed E-state index contributed by atoms with van der Waals surface area (Å²) in [6.07, 6.45) is 4.05.